The van der Waals surface area contributed by atoms with E-state index >= 15 is 0 Å². The molecule has 0 saturated heterocycles. The Bertz CT molecular complexity index is 830. The number of nitrogens with zero attached hydrogens (tertiary/aromatic N) is 1. The maximum Gasteiger partial charge on any atom is 0.127 e. The second-order valence-corrected chi connectivity index (χ2v) is 6.93. The molecule has 0 fully saturated rings. The van der Waals surface area contributed by atoms with Crippen molar-refractivity contribution in [3.63, 3.8) is 0 Å². The van der Waals surface area contributed by atoms with E-state index in [1.165, 1.54) is 16.8 Å². The van der Waals surface area contributed by atoms with Crippen LogP contribution in [-0.4, -0.2) is 27.9 Å². The largest absolute Gasteiger partial charge is 0.497 e. The van der Waals surface area contributed by atoms with Gasteiger partial charge in [-0.3, -0.25) is 0 Å². The van der Waals surface area contributed by atoms with E-state index in [1.54, 1.807) is 21.3 Å². The van der Waals surface area contributed by atoms with E-state index in [2.05, 4.69) is 41.3 Å². The first kappa shape index (κ1) is 16.8. The van der Waals surface area contributed by atoms with Crippen molar-refractivity contribution in [2.75, 3.05) is 32.8 Å². The first-order chi connectivity index (χ1) is 12.7. The average molecular weight is 351 g/mol. The second-order valence-electron chi connectivity index (χ2n) is 6.93. The molecule has 136 valence electrons. The lowest BCUT2D eigenvalue weighted by Crippen LogP contribution is -2.35. The average Bonchev–Trinajstić information content (AvgIpc) is 3.16. The van der Waals surface area contributed by atoms with Crippen molar-refractivity contribution in [1.29, 1.82) is 0 Å². The molecule has 26 heavy (non-hydrogen) atoms. The van der Waals surface area contributed by atoms with Gasteiger partial charge in [0.25, 0.3) is 0 Å². The van der Waals surface area contributed by atoms with Gasteiger partial charge in [-0.05, 0) is 48.2 Å². The topological polar surface area (TPSA) is 30.9 Å². The van der Waals surface area contributed by atoms with Crippen LogP contribution in [0.4, 0.5) is 5.69 Å². The van der Waals surface area contributed by atoms with Crippen molar-refractivity contribution in [2.24, 2.45) is 5.92 Å². The maximum absolute atomic E-state index is 5.60. The molecule has 2 aromatic carbocycles. The summed E-state index contributed by atoms with van der Waals surface area (Å²) in [6.45, 7) is 1.86. The maximum atomic E-state index is 5.60. The standard InChI is InChI=1S/C22H25NO3/c1-24-17-9-10-21-20(11-17)19-6-4-5-15(19)13-23(21)14-16-7-8-18(25-2)12-22(16)26-3/h4,6-12,15,19H,5,13-14H2,1-3H3/t15-,19-/m1/s1. The van der Waals surface area contributed by atoms with Crippen molar-refractivity contribution in [3.8, 4) is 17.2 Å². The van der Waals surface area contributed by atoms with E-state index < -0.39 is 0 Å². The SMILES string of the molecule is COc1ccc(CN2C[C@H]3CC=C[C@H]3c3cc(OC)ccc32)c(OC)c1. The lowest BCUT2D eigenvalue weighted by molar-refractivity contribution is 0.389. The summed E-state index contributed by atoms with van der Waals surface area (Å²) in [6.07, 6.45) is 5.81. The van der Waals surface area contributed by atoms with Gasteiger partial charge >= 0.3 is 0 Å². The smallest absolute Gasteiger partial charge is 0.127 e. The number of fused-ring (bicyclic) bond motifs is 3. The zero-order valence-electron chi connectivity index (χ0n) is 15.6. The van der Waals surface area contributed by atoms with Crippen LogP contribution in [0, 0.1) is 5.92 Å². The molecule has 2 aromatic rings. The highest BCUT2D eigenvalue weighted by atomic mass is 16.5. The normalized spacial score (nSPS) is 20.5. The minimum Gasteiger partial charge on any atom is -0.497 e. The molecule has 1 heterocycles. The molecule has 2 aliphatic rings. The molecule has 1 aliphatic carbocycles. The van der Waals surface area contributed by atoms with E-state index in [9.17, 15) is 0 Å². The minimum atomic E-state index is 0.495. The Kier molecular flexibility index (Phi) is 4.49. The van der Waals surface area contributed by atoms with Crippen molar-refractivity contribution in [2.45, 2.75) is 18.9 Å². The fourth-order valence-corrected chi connectivity index (χ4v) is 4.18. The summed E-state index contributed by atoms with van der Waals surface area (Å²) in [5, 5.41) is 0. The number of benzene rings is 2. The van der Waals surface area contributed by atoms with E-state index in [-0.39, 0.29) is 0 Å². The van der Waals surface area contributed by atoms with Gasteiger partial charge in [0.1, 0.15) is 17.2 Å². The molecule has 0 spiro atoms. The van der Waals surface area contributed by atoms with E-state index in [0.29, 0.717) is 11.8 Å². The molecule has 0 amide bonds. The van der Waals surface area contributed by atoms with Crippen LogP contribution in [0.25, 0.3) is 0 Å². The predicted molar refractivity (Wildman–Crippen MR) is 104 cm³/mol. The van der Waals surface area contributed by atoms with Crippen LogP contribution in [0.5, 0.6) is 17.2 Å². The number of rotatable bonds is 5. The van der Waals surface area contributed by atoms with Crippen LogP contribution in [0.2, 0.25) is 0 Å². The molecule has 2 atom stereocenters. The Hall–Kier alpha value is -2.62. The molecule has 0 bridgehead atoms. The van der Waals surface area contributed by atoms with Gasteiger partial charge in [-0.15, -0.1) is 0 Å². The second kappa shape index (κ2) is 6.94. The van der Waals surface area contributed by atoms with Crippen LogP contribution >= 0.6 is 0 Å². The van der Waals surface area contributed by atoms with E-state index in [0.717, 1.165) is 36.8 Å². The lowest BCUT2D eigenvalue weighted by atomic mass is 9.83. The summed E-state index contributed by atoms with van der Waals surface area (Å²) in [5.74, 6) is 3.72. The fourth-order valence-electron chi connectivity index (χ4n) is 4.18. The number of methoxy groups -OCH3 is 3. The predicted octanol–water partition coefficient (Wildman–Crippen LogP) is 4.39. The highest BCUT2D eigenvalue weighted by Gasteiger charge is 2.34. The third-order valence-electron chi connectivity index (χ3n) is 5.53. The van der Waals surface area contributed by atoms with Crippen molar-refractivity contribution in [1.82, 2.24) is 0 Å². The molecule has 0 radical (unpaired) electrons. The lowest BCUT2D eigenvalue weighted by Gasteiger charge is -2.38. The molecule has 4 heteroatoms. The van der Waals surface area contributed by atoms with Crippen LogP contribution < -0.4 is 19.1 Å². The Labute approximate surface area is 155 Å². The van der Waals surface area contributed by atoms with Crippen LogP contribution in [0.3, 0.4) is 0 Å². The first-order valence-corrected chi connectivity index (χ1v) is 9.04. The van der Waals surface area contributed by atoms with Gasteiger partial charge in [-0.2, -0.15) is 0 Å². The highest BCUT2D eigenvalue weighted by molar-refractivity contribution is 5.62. The Morgan fingerprint density at radius 2 is 1.73 bits per heavy atom. The fraction of sp³-hybridized carbons (Fsp3) is 0.364. The first-order valence-electron chi connectivity index (χ1n) is 9.04. The summed E-state index contributed by atoms with van der Waals surface area (Å²) in [4.78, 5) is 2.47. The van der Waals surface area contributed by atoms with Gasteiger partial charge in [0, 0.05) is 36.3 Å². The Balaban J connectivity index is 1.69. The summed E-state index contributed by atoms with van der Waals surface area (Å²) < 4.78 is 16.4. The number of hydrogen-bond donors (Lipinski definition) is 0. The molecule has 4 rings (SSSR count). The summed E-state index contributed by atoms with van der Waals surface area (Å²) in [6, 6.07) is 12.5. The molecule has 4 nitrogen and oxygen atoms in total. The van der Waals surface area contributed by atoms with E-state index in [1.807, 2.05) is 12.1 Å². The van der Waals surface area contributed by atoms with Gasteiger partial charge < -0.3 is 19.1 Å². The zero-order valence-corrected chi connectivity index (χ0v) is 15.6. The molecule has 1 aliphatic heterocycles. The van der Waals surface area contributed by atoms with E-state index in [4.69, 9.17) is 14.2 Å². The monoisotopic (exact) mass is 351 g/mol. The van der Waals surface area contributed by atoms with Crippen LogP contribution in [0.1, 0.15) is 23.5 Å². The highest BCUT2D eigenvalue weighted by Crippen LogP contribution is 2.46. The number of allylic oxidation sites excluding steroid dienone is 2. The minimum absolute atomic E-state index is 0.495. The third-order valence-corrected chi connectivity index (χ3v) is 5.53. The van der Waals surface area contributed by atoms with Gasteiger partial charge in [0.2, 0.25) is 0 Å². The summed E-state index contributed by atoms with van der Waals surface area (Å²) in [5.41, 5.74) is 3.82. The number of anilines is 1. The molecular weight excluding hydrogens is 326 g/mol. The summed E-state index contributed by atoms with van der Waals surface area (Å²) in [7, 11) is 5.12. The molecule has 0 N–H and O–H groups in total. The molecule has 0 aromatic heterocycles. The van der Waals surface area contributed by atoms with Gasteiger partial charge in [0.15, 0.2) is 0 Å². The van der Waals surface area contributed by atoms with Crippen LogP contribution in [-0.2, 0) is 6.54 Å². The molecule has 0 saturated carbocycles. The molecule has 0 unspecified atom stereocenters. The Morgan fingerprint density at radius 1 is 0.962 bits per heavy atom. The number of ether oxygens (including phenoxy) is 3. The van der Waals surface area contributed by atoms with Gasteiger partial charge in [-0.25, -0.2) is 0 Å². The van der Waals surface area contributed by atoms with Gasteiger partial charge in [0.05, 0.1) is 21.3 Å². The van der Waals surface area contributed by atoms with Crippen molar-refractivity contribution in [3.05, 3.63) is 59.7 Å². The quantitative estimate of drug-likeness (QED) is 0.748. The van der Waals surface area contributed by atoms with Crippen molar-refractivity contribution < 1.29 is 14.2 Å². The third kappa shape index (κ3) is 2.90. The Morgan fingerprint density at radius 3 is 2.50 bits per heavy atom. The van der Waals surface area contributed by atoms with Crippen molar-refractivity contribution >= 4 is 5.69 Å². The molecular formula is C22H25NO3. The number of hydrogen-bond acceptors (Lipinski definition) is 4. The van der Waals surface area contributed by atoms with Gasteiger partial charge in [-0.1, -0.05) is 12.2 Å². The summed E-state index contributed by atoms with van der Waals surface area (Å²) >= 11 is 0. The van der Waals surface area contributed by atoms with Crippen LogP contribution in [0.15, 0.2) is 48.6 Å². The zero-order chi connectivity index (χ0) is 18.1.